The third kappa shape index (κ3) is 6.36. The van der Waals surface area contributed by atoms with Gasteiger partial charge < -0.3 is 16.2 Å². The Hall–Kier alpha value is -2.37. The van der Waals surface area contributed by atoms with Gasteiger partial charge in [-0.05, 0) is 37.2 Å². The topological polar surface area (TPSA) is 116 Å². The SMILES string of the molecule is CCCCC(NC(=O)[C@@H](Cc1ccc(C(=N)N)cc1)C1CCCCC1)C(=O)O. The van der Waals surface area contributed by atoms with Crippen molar-refractivity contribution < 1.29 is 14.7 Å². The first-order valence-electron chi connectivity index (χ1n) is 10.4. The van der Waals surface area contributed by atoms with Gasteiger partial charge in [-0.3, -0.25) is 10.2 Å². The van der Waals surface area contributed by atoms with Crippen molar-refractivity contribution in [1.29, 1.82) is 5.41 Å². The smallest absolute Gasteiger partial charge is 0.326 e. The highest BCUT2D eigenvalue weighted by Crippen LogP contribution is 2.32. The lowest BCUT2D eigenvalue weighted by Gasteiger charge is -2.30. The van der Waals surface area contributed by atoms with E-state index in [-0.39, 0.29) is 23.6 Å². The number of carboxylic acid groups (broad SMARTS) is 1. The minimum absolute atomic E-state index is 0.0216. The average Bonchev–Trinajstić information content (AvgIpc) is 2.69. The van der Waals surface area contributed by atoms with Crippen LogP contribution in [0.1, 0.15) is 69.4 Å². The summed E-state index contributed by atoms with van der Waals surface area (Å²) in [6.07, 6.45) is 8.17. The van der Waals surface area contributed by atoms with Gasteiger partial charge in [0.2, 0.25) is 5.91 Å². The summed E-state index contributed by atoms with van der Waals surface area (Å²) in [5, 5.41) is 19.8. The summed E-state index contributed by atoms with van der Waals surface area (Å²) >= 11 is 0. The Kier molecular flexibility index (Phi) is 8.48. The lowest BCUT2D eigenvalue weighted by molar-refractivity contribution is -0.143. The number of amides is 1. The number of carbonyl (C=O) groups excluding carboxylic acids is 1. The van der Waals surface area contributed by atoms with E-state index in [2.05, 4.69) is 5.32 Å². The number of nitrogens with two attached hydrogens (primary N) is 1. The van der Waals surface area contributed by atoms with Crippen molar-refractivity contribution in [2.45, 2.75) is 70.8 Å². The first-order valence-corrected chi connectivity index (χ1v) is 10.4. The van der Waals surface area contributed by atoms with E-state index in [1.165, 1.54) is 6.42 Å². The maximum absolute atomic E-state index is 13.1. The monoisotopic (exact) mass is 387 g/mol. The molecule has 1 aliphatic carbocycles. The van der Waals surface area contributed by atoms with E-state index in [9.17, 15) is 14.7 Å². The van der Waals surface area contributed by atoms with E-state index >= 15 is 0 Å². The predicted octanol–water partition coefficient (Wildman–Crippen LogP) is 3.47. The van der Waals surface area contributed by atoms with Crippen molar-refractivity contribution >= 4 is 17.7 Å². The van der Waals surface area contributed by atoms with Gasteiger partial charge in [0.15, 0.2) is 0 Å². The van der Waals surface area contributed by atoms with Crippen LogP contribution in [-0.2, 0) is 16.0 Å². The van der Waals surface area contributed by atoms with Crippen molar-refractivity contribution in [3.05, 3.63) is 35.4 Å². The van der Waals surface area contributed by atoms with E-state index in [0.717, 1.165) is 44.1 Å². The third-order valence-corrected chi connectivity index (χ3v) is 5.74. The van der Waals surface area contributed by atoms with E-state index in [1.807, 2.05) is 19.1 Å². The van der Waals surface area contributed by atoms with Crippen molar-refractivity contribution in [3.8, 4) is 0 Å². The summed E-state index contributed by atoms with van der Waals surface area (Å²) in [5.74, 6) is -1.04. The van der Waals surface area contributed by atoms with Gasteiger partial charge in [-0.25, -0.2) is 4.79 Å². The molecule has 2 rings (SSSR count). The molecule has 1 fully saturated rings. The lowest BCUT2D eigenvalue weighted by atomic mass is 9.76. The standard InChI is InChI=1S/C22H33N3O3/c1-2-3-9-19(22(27)28)25-21(26)18(16-7-5-4-6-8-16)14-15-10-12-17(13-11-15)20(23)24/h10-13,16,18-19H,2-9,14H2,1H3,(H3,23,24)(H,25,26)(H,27,28)/t18-,19?/m0/s1. The number of nitrogen functional groups attached to an aromatic ring is 1. The Morgan fingerprint density at radius 2 is 1.86 bits per heavy atom. The highest BCUT2D eigenvalue weighted by atomic mass is 16.4. The van der Waals surface area contributed by atoms with Crippen LogP contribution in [-0.4, -0.2) is 28.9 Å². The molecule has 1 aromatic rings. The van der Waals surface area contributed by atoms with Gasteiger partial charge in [0.05, 0.1) is 0 Å². The summed E-state index contributed by atoms with van der Waals surface area (Å²) in [6, 6.07) is 6.60. The zero-order valence-corrected chi connectivity index (χ0v) is 16.7. The lowest BCUT2D eigenvalue weighted by Crippen LogP contribution is -2.46. The number of unbranched alkanes of at least 4 members (excludes halogenated alkanes) is 1. The molecule has 28 heavy (non-hydrogen) atoms. The summed E-state index contributed by atoms with van der Waals surface area (Å²) in [6.45, 7) is 2.01. The molecule has 154 valence electrons. The zero-order chi connectivity index (χ0) is 20.5. The molecule has 1 saturated carbocycles. The van der Waals surface area contributed by atoms with Crippen molar-refractivity contribution in [2.75, 3.05) is 0 Å². The maximum atomic E-state index is 13.1. The van der Waals surface area contributed by atoms with Crippen LogP contribution in [0, 0.1) is 17.2 Å². The molecule has 0 heterocycles. The van der Waals surface area contributed by atoms with Crippen LogP contribution < -0.4 is 11.1 Å². The predicted molar refractivity (Wildman–Crippen MR) is 110 cm³/mol. The van der Waals surface area contributed by atoms with Gasteiger partial charge in [0.25, 0.3) is 0 Å². The Morgan fingerprint density at radius 3 is 2.39 bits per heavy atom. The van der Waals surface area contributed by atoms with Crippen molar-refractivity contribution in [1.82, 2.24) is 5.32 Å². The van der Waals surface area contributed by atoms with E-state index in [1.54, 1.807) is 12.1 Å². The van der Waals surface area contributed by atoms with Crippen LogP contribution in [0.4, 0.5) is 0 Å². The second-order valence-corrected chi connectivity index (χ2v) is 7.86. The van der Waals surface area contributed by atoms with E-state index in [0.29, 0.717) is 18.4 Å². The second-order valence-electron chi connectivity index (χ2n) is 7.86. The molecule has 6 heteroatoms. The molecule has 0 saturated heterocycles. The number of nitrogens with one attached hydrogen (secondary N) is 2. The molecular weight excluding hydrogens is 354 g/mol. The number of hydrogen-bond acceptors (Lipinski definition) is 3. The fourth-order valence-electron chi connectivity index (χ4n) is 4.03. The van der Waals surface area contributed by atoms with E-state index < -0.39 is 12.0 Å². The first-order chi connectivity index (χ1) is 13.4. The minimum Gasteiger partial charge on any atom is -0.480 e. The number of carboxylic acids is 1. The largest absolute Gasteiger partial charge is 0.480 e. The molecule has 6 nitrogen and oxygen atoms in total. The van der Waals surface area contributed by atoms with Gasteiger partial charge in [0.1, 0.15) is 11.9 Å². The first kappa shape index (κ1) is 21.9. The Labute approximate surface area is 167 Å². The van der Waals surface area contributed by atoms with Gasteiger partial charge in [-0.1, -0.05) is 63.3 Å². The minimum atomic E-state index is -0.963. The summed E-state index contributed by atoms with van der Waals surface area (Å²) in [5.41, 5.74) is 7.19. The number of aliphatic carboxylic acids is 1. The molecular formula is C22H33N3O3. The molecule has 1 aromatic carbocycles. The summed E-state index contributed by atoms with van der Waals surface area (Å²) < 4.78 is 0. The Balaban J connectivity index is 2.14. The van der Waals surface area contributed by atoms with Crippen LogP contribution >= 0.6 is 0 Å². The number of amidine groups is 1. The molecule has 1 unspecified atom stereocenters. The number of carbonyl (C=O) groups is 2. The average molecular weight is 388 g/mol. The van der Waals surface area contributed by atoms with Crippen molar-refractivity contribution in [2.24, 2.45) is 17.6 Å². The van der Waals surface area contributed by atoms with Gasteiger partial charge in [0, 0.05) is 11.5 Å². The third-order valence-electron chi connectivity index (χ3n) is 5.74. The molecule has 2 atom stereocenters. The molecule has 0 radical (unpaired) electrons. The van der Waals surface area contributed by atoms with Crippen LogP contribution in [0.2, 0.25) is 0 Å². The number of benzene rings is 1. The highest BCUT2D eigenvalue weighted by Gasteiger charge is 2.32. The van der Waals surface area contributed by atoms with Gasteiger partial charge >= 0.3 is 5.97 Å². The van der Waals surface area contributed by atoms with Crippen LogP contribution in [0.3, 0.4) is 0 Å². The second kappa shape index (κ2) is 10.8. The zero-order valence-electron chi connectivity index (χ0n) is 16.7. The van der Waals surface area contributed by atoms with Gasteiger partial charge in [-0.2, -0.15) is 0 Å². The maximum Gasteiger partial charge on any atom is 0.326 e. The molecule has 1 aliphatic rings. The van der Waals surface area contributed by atoms with Crippen LogP contribution in [0.15, 0.2) is 24.3 Å². The fourth-order valence-corrected chi connectivity index (χ4v) is 4.03. The molecule has 0 aromatic heterocycles. The molecule has 1 amide bonds. The quantitative estimate of drug-likeness (QED) is 0.363. The fraction of sp³-hybridized carbons (Fsp3) is 0.591. The van der Waals surface area contributed by atoms with E-state index in [4.69, 9.17) is 11.1 Å². The Bertz CT molecular complexity index is 666. The normalized spacial score (nSPS) is 16.9. The van der Waals surface area contributed by atoms with Crippen LogP contribution in [0.5, 0.6) is 0 Å². The highest BCUT2D eigenvalue weighted by molar-refractivity contribution is 5.94. The molecule has 0 aliphatic heterocycles. The van der Waals surface area contributed by atoms with Crippen molar-refractivity contribution in [3.63, 3.8) is 0 Å². The molecule has 0 bridgehead atoms. The summed E-state index contributed by atoms with van der Waals surface area (Å²) in [7, 11) is 0. The van der Waals surface area contributed by atoms with Gasteiger partial charge in [-0.15, -0.1) is 0 Å². The number of hydrogen-bond donors (Lipinski definition) is 4. The summed E-state index contributed by atoms with van der Waals surface area (Å²) in [4.78, 5) is 24.6. The Morgan fingerprint density at radius 1 is 1.21 bits per heavy atom. The molecule has 5 N–H and O–H groups in total. The number of rotatable bonds is 10. The van der Waals surface area contributed by atoms with Crippen LogP contribution in [0.25, 0.3) is 0 Å². The molecule has 0 spiro atoms.